The lowest BCUT2D eigenvalue weighted by Crippen LogP contribution is -2.40. The van der Waals surface area contributed by atoms with Crippen LogP contribution in [0.3, 0.4) is 0 Å². The summed E-state index contributed by atoms with van der Waals surface area (Å²) in [5.74, 6) is 0.563. The number of aromatic hydroxyl groups is 2. The van der Waals surface area contributed by atoms with Gasteiger partial charge in [0.2, 0.25) is 0 Å². The molecule has 0 unspecified atom stereocenters. The molecule has 1 aliphatic carbocycles. The summed E-state index contributed by atoms with van der Waals surface area (Å²) in [4.78, 5) is 0. The SMILES string of the molecule is CC(C)(C)c1cc2cc(O)ccc2c(C(C)(C)C)c1C1(c2c(C(C)(C)C)cc3cc(O)ccc3c2C(C)(C)C)c2ccccc2-c2ccccc21. The molecular weight excluding hydrogens is 621 g/mol. The van der Waals surface area contributed by atoms with Crippen LogP contribution in [0.15, 0.2) is 97.1 Å². The Morgan fingerprint density at radius 3 is 1.10 bits per heavy atom. The van der Waals surface area contributed by atoms with Crippen LogP contribution in [0.4, 0.5) is 0 Å². The van der Waals surface area contributed by atoms with Crippen LogP contribution in [0.5, 0.6) is 11.5 Å². The Kier molecular flexibility index (Phi) is 7.67. The second-order valence-electron chi connectivity index (χ2n) is 19.0. The predicted molar refractivity (Wildman–Crippen MR) is 217 cm³/mol. The summed E-state index contributed by atoms with van der Waals surface area (Å²) in [5.41, 5.74) is 11.3. The smallest absolute Gasteiger partial charge is 0.116 e. The van der Waals surface area contributed by atoms with Crippen molar-refractivity contribution in [3.05, 3.63) is 142 Å². The second kappa shape index (κ2) is 11.2. The van der Waals surface area contributed by atoms with Crippen molar-refractivity contribution in [3.8, 4) is 22.6 Å². The maximum Gasteiger partial charge on any atom is 0.116 e. The molecule has 0 heterocycles. The van der Waals surface area contributed by atoms with Crippen LogP contribution in [0, 0.1) is 0 Å². The van der Waals surface area contributed by atoms with E-state index in [0.29, 0.717) is 0 Å². The van der Waals surface area contributed by atoms with Gasteiger partial charge in [-0.15, -0.1) is 0 Å². The van der Waals surface area contributed by atoms with E-state index in [1.807, 2.05) is 24.3 Å². The zero-order valence-electron chi connectivity index (χ0n) is 32.6. The summed E-state index contributed by atoms with van der Waals surface area (Å²) in [6, 6.07) is 34.8. The molecule has 0 atom stereocenters. The van der Waals surface area contributed by atoms with E-state index in [1.165, 1.54) is 66.4 Å². The number of fused-ring (bicyclic) bond motifs is 5. The van der Waals surface area contributed by atoms with Crippen LogP contribution in [-0.4, -0.2) is 10.2 Å². The third kappa shape index (κ3) is 5.28. The van der Waals surface area contributed by atoms with Gasteiger partial charge in [-0.3, -0.25) is 0 Å². The van der Waals surface area contributed by atoms with Crippen LogP contribution < -0.4 is 0 Å². The van der Waals surface area contributed by atoms with Crippen molar-refractivity contribution in [2.45, 2.75) is 110 Å². The molecule has 6 aromatic rings. The number of phenols is 2. The molecule has 0 saturated carbocycles. The van der Waals surface area contributed by atoms with Gasteiger partial charge in [0.05, 0.1) is 5.41 Å². The van der Waals surface area contributed by atoms with Crippen LogP contribution in [0.25, 0.3) is 32.7 Å². The van der Waals surface area contributed by atoms with Crippen molar-refractivity contribution < 1.29 is 10.2 Å². The zero-order valence-corrected chi connectivity index (χ0v) is 32.6. The van der Waals surface area contributed by atoms with Gasteiger partial charge in [-0.1, -0.05) is 156 Å². The first-order chi connectivity index (χ1) is 23.7. The fraction of sp³-hybridized carbons (Fsp3) is 0.347. The van der Waals surface area contributed by atoms with E-state index in [1.54, 1.807) is 0 Å². The molecule has 0 aromatic heterocycles. The van der Waals surface area contributed by atoms with Crippen LogP contribution in [-0.2, 0) is 27.1 Å². The molecule has 0 aliphatic heterocycles. The first kappa shape index (κ1) is 34.9. The minimum atomic E-state index is -0.707. The lowest BCUT2D eigenvalue weighted by atomic mass is 9.55. The van der Waals surface area contributed by atoms with Crippen molar-refractivity contribution in [2.75, 3.05) is 0 Å². The van der Waals surface area contributed by atoms with Gasteiger partial charge >= 0.3 is 0 Å². The molecule has 51 heavy (non-hydrogen) atoms. The minimum absolute atomic E-state index is 0.249. The molecule has 0 fully saturated rings. The molecule has 0 radical (unpaired) electrons. The molecule has 7 rings (SSSR count). The van der Waals surface area contributed by atoms with Crippen molar-refractivity contribution >= 4 is 21.5 Å². The maximum atomic E-state index is 10.8. The summed E-state index contributed by atoms with van der Waals surface area (Å²) in [7, 11) is 0. The van der Waals surface area contributed by atoms with Gasteiger partial charge < -0.3 is 10.2 Å². The van der Waals surface area contributed by atoms with Gasteiger partial charge in [0.1, 0.15) is 11.5 Å². The first-order valence-corrected chi connectivity index (χ1v) is 18.5. The van der Waals surface area contributed by atoms with Gasteiger partial charge in [0.15, 0.2) is 0 Å². The molecule has 0 saturated heterocycles. The lowest BCUT2D eigenvalue weighted by molar-refractivity contribution is 0.475. The van der Waals surface area contributed by atoms with Crippen LogP contribution in [0.1, 0.15) is 128 Å². The van der Waals surface area contributed by atoms with E-state index in [9.17, 15) is 10.2 Å². The Labute approximate surface area is 305 Å². The standard InChI is InChI=1S/C49H54O2/c1-45(2,3)39-27-29-25-31(50)21-23-33(29)41(47(7,8)9)43(39)49(37-19-15-13-17-35(37)36-18-14-16-20-38(36)49)44-40(46(4,5)6)28-30-26-32(51)22-24-34(30)42(44)48(10,11)12/h13-28,50-51H,1-12H3. The highest BCUT2D eigenvalue weighted by molar-refractivity contribution is 5.98. The fourth-order valence-electron chi connectivity index (χ4n) is 9.21. The van der Waals surface area contributed by atoms with E-state index < -0.39 is 5.41 Å². The number of benzene rings is 6. The number of hydrogen-bond acceptors (Lipinski definition) is 2. The highest BCUT2D eigenvalue weighted by Crippen LogP contribution is 2.63. The average molecular weight is 675 g/mol. The number of hydrogen-bond donors (Lipinski definition) is 2. The van der Waals surface area contributed by atoms with Gasteiger partial charge in [0, 0.05) is 0 Å². The Bertz CT molecular complexity index is 2190. The summed E-state index contributed by atoms with van der Waals surface area (Å²) in [6.07, 6.45) is 0. The molecule has 2 nitrogen and oxygen atoms in total. The normalized spacial score (nSPS) is 14.6. The molecule has 262 valence electrons. The molecular formula is C49H54O2. The van der Waals surface area contributed by atoms with Crippen LogP contribution >= 0.6 is 0 Å². The van der Waals surface area contributed by atoms with Crippen molar-refractivity contribution in [2.24, 2.45) is 0 Å². The molecule has 2 heteroatoms. The van der Waals surface area contributed by atoms with Crippen molar-refractivity contribution in [3.63, 3.8) is 0 Å². The Morgan fingerprint density at radius 1 is 0.412 bits per heavy atom. The second-order valence-corrected chi connectivity index (χ2v) is 19.0. The summed E-state index contributed by atoms with van der Waals surface area (Å²) >= 11 is 0. The third-order valence-corrected chi connectivity index (χ3v) is 11.1. The largest absolute Gasteiger partial charge is 0.508 e. The predicted octanol–water partition coefficient (Wildman–Crippen LogP) is 13.0. The van der Waals surface area contributed by atoms with E-state index >= 15 is 0 Å². The Hall–Kier alpha value is -4.56. The summed E-state index contributed by atoms with van der Waals surface area (Å²) < 4.78 is 0. The lowest BCUT2D eigenvalue weighted by Gasteiger charge is -2.47. The monoisotopic (exact) mass is 674 g/mol. The molecule has 0 spiro atoms. The van der Waals surface area contributed by atoms with E-state index in [0.717, 1.165) is 10.8 Å². The van der Waals surface area contributed by atoms with Crippen molar-refractivity contribution in [1.82, 2.24) is 0 Å². The highest BCUT2D eigenvalue weighted by atomic mass is 16.3. The van der Waals surface area contributed by atoms with Gasteiger partial charge in [0.25, 0.3) is 0 Å². The average Bonchev–Trinajstić information content (AvgIpc) is 3.32. The fourth-order valence-corrected chi connectivity index (χ4v) is 9.21. The summed E-state index contributed by atoms with van der Waals surface area (Å²) in [5, 5.41) is 26.1. The molecule has 0 amide bonds. The quantitative estimate of drug-likeness (QED) is 0.192. The molecule has 6 aromatic carbocycles. The third-order valence-electron chi connectivity index (χ3n) is 11.1. The van der Waals surface area contributed by atoms with E-state index in [-0.39, 0.29) is 33.2 Å². The van der Waals surface area contributed by atoms with Gasteiger partial charge in [-0.25, -0.2) is 0 Å². The topological polar surface area (TPSA) is 40.5 Å². The van der Waals surface area contributed by atoms with Crippen molar-refractivity contribution in [1.29, 1.82) is 0 Å². The Morgan fingerprint density at radius 2 is 0.765 bits per heavy atom. The maximum absolute atomic E-state index is 10.8. The molecule has 2 N–H and O–H groups in total. The Balaban J connectivity index is 1.92. The van der Waals surface area contributed by atoms with Gasteiger partial charge in [-0.05, 0) is 123 Å². The minimum Gasteiger partial charge on any atom is -0.508 e. The van der Waals surface area contributed by atoms with Gasteiger partial charge in [-0.2, -0.15) is 0 Å². The van der Waals surface area contributed by atoms with E-state index in [2.05, 4.69) is 156 Å². The molecule has 1 aliphatic rings. The highest BCUT2D eigenvalue weighted by Gasteiger charge is 2.54. The summed E-state index contributed by atoms with van der Waals surface area (Å²) in [6.45, 7) is 28.1. The first-order valence-electron chi connectivity index (χ1n) is 18.5. The van der Waals surface area contributed by atoms with E-state index in [4.69, 9.17) is 0 Å². The zero-order chi connectivity index (χ0) is 37.1. The number of phenolic OH excluding ortho intramolecular Hbond substituents is 2. The van der Waals surface area contributed by atoms with Crippen LogP contribution in [0.2, 0.25) is 0 Å². The number of rotatable bonds is 2. The molecule has 0 bridgehead atoms.